The van der Waals surface area contributed by atoms with Crippen molar-refractivity contribution in [3.63, 3.8) is 0 Å². The first-order valence-corrected chi connectivity index (χ1v) is 11.2. The number of fused-ring (bicyclic) bond motifs is 1. The smallest absolute Gasteiger partial charge is 0.262 e. The van der Waals surface area contributed by atoms with Gasteiger partial charge in [0.2, 0.25) is 5.91 Å². The molecule has 158 valence electrons. The molecule has 7 heteroatoms. The molecule has 0 aliphatic carbocycles. The maximum atomic E-state index is 13.1. The number of nitrogens with zero attached hydrogens (tertiary/aromatic N) is 2. The van der Waals surface area contributed by atoms with Gasteiger partial charge in [-0.25, -0.2) is 0 Å². The van der Waals surface area contributed by atoms with Crippen molar-refractivity contribution in [2.24, 2.45) is 5.92 Å². The van der Waals surface area contributed by atoms with E-state index in [2.05, 4.69) is 34.8 Å². The van der Waals surface area contributed by atoms with Crippen LogP contribution in [0.3, 0.4) is 0 Å². The Bertz CT molecular complexity index is 935. The highest BCUT2D eigenvalue weighted by Crippen LogP contribution is 2.37. The van der Waals surface area contributed by atoms with Gasteiger partial charge in [-0.3, -0.25) is 24.2 Å². The molecule has 2 atom stereocenters. The largest absolute Gasteiger partial charge is 0.354 e. The summed E-state index contributed by atoms with van der Waals surface area (Å²) >= 11 is 1.74. The standard InChI is InChI=1S/C23H27N3O3S/c1-23(2,26-20(27)16-9-4-5-10-17(16)21(26)28)22(29)24-14-15-8-6-12-25(3)19(15)18-11-7-13-30-18/h4-5,7,9-11,13,15,19H,6,8,12,14H2,1-3H3,(H,24,29). The Morgan fingerprint density at radius 2 is 1.80 bits per heavy atom. The second-order valence-corrected chi connectivity index (χ2v) is 9.58. The molecule has 3 amide bonds. The Kier molecular flexibility index (Phi) is 5.51. The van der Waals surface area contributed by atoms with E-state index in [1.165, 1.54) is 4.88 Å². The fourth-order valence-corrected chi connectivity index (χ4v) is 5.60. The minimum Gasteiger partial charge on any atom is -0.354 e. The van der Waals surface area contributed by atoms with Gasteiger partial charge in [-0.1, -0.05) is 18.2 Å². The molecule has 0 bridgehead atoms. The molecular weight excluding hydrogens is 398 g/mol. The lowest BCUT2D eigenvalue weighted by molar-refractivity contribution is -0.129. The SMILES string of the molecule is CN1CCCC(CNC(=O)C(C)(C)N2C(=O)c3ccccc3C2=O)C1c1cccs1. The zero-order chi connectivity index (χ0) is 21.5. The van der Waals surface area contributed by atoms with E-state index in [-0.39, 0.29) is 17.9 Å². The second-order valence-electron chi connectivity index (χ2n) is 8.60. The predicted octanol–water partition coefficient (Wildman–Crippen LogP) is 3.32. The summed E-state index contributed by atoms with van der Waals surface area (Å²) in [6.07, 6.45) is 2.11. The van der Waals surface area contributed by atoms with Gasteiger partial charge in [0.15, 0.2) is 0 Å². The van der Waals surface area contributed by atoms with Crippen molar-refractivity contribution in [2.45, 2.75) is 38.3 Å². The number of imide groups is 1. The average Bonchev–Trinajstić information content (AvgIpc) is 3.34. The van der Waals surface area contributed by atoms with Gasteiger partial charge in [-0.05, 0) is 69.8 Å². The number of hydrogen-bond acceptors (Lipinski definition) is 5. The number of amides is 3. The average molecular weight is 426 g/mol. The van der Waals surface area contributed by atoms with Crippen LogP contribution in [-0.4, -0.2) is 53.2 Å². The first-order valence-electron chi connectivity index (χ1n) is 10.3. The van der Waals surface area contributed by atoms with Crippen LogP contribution in [0, 0.1) is 5.92 Å². The van der Waals surface area contributed by atoms with E-state index in [1.807, 2.05) is 0 Å². The monoisotopic (exact) mass is 425 g/mol. The maximum Gasteiger partial charge on any atom is 0.262 e. The number of thiophene rings is 1. The van der Waals surface area contributed by atoms with Crippen molar-refractivity contribution < 1.29 is 14.4 Å². The molecule has 1 aromatic carbocycles. The molecule has 1 fully saturated rings. The summed E-state index contributed by atoms with van der Waals surface area (Å²) in [7, 11) is 2.13. The lowest BCUT2D eigenvalue weighted by Gasteiger charge is -2.39. The van der Waals surface area contributed by atoms with Crippen molar-refractivity contribution in [3.05, 3.63) is 57.8 Å². The fourth-order valence-electron chi connectivity index (χ4n) is 4.62. The number of rotatable bonds is 5. The molecule has 1 aromatic heterocycles. The van der Waals surface area contributed by atoms with Crippen molar-refractivity contribution in [3.8, 4) is 0 Å². The third-order valence-electron chi connectivity index (χ3n) is 6.28. The minimum absolute atomic E-state index is 0.265. The zero-order valence-electron chi connectivity index (χ0n) is 17.6. The summed E-state index contributed by atoms with van der Waals surface area (Å²) in [4.78, 5) is 43.6. The van der Waals surface area contributed by atoms with Crippen LogP contribution in [0.4, 0.5) is 0 Å². The van der Waals surface area contributed by atoms with Crippen LogP contribution in [0.2, 0.25) is 0 Å². The van der Waals surface area contributed by atoms with Crippen molar-refractivity contribution in [1.29, 1.82) is 0 Å². The van der Waals surface area contributed by atoms with Gasteiger partial charge in [0.1, 0.15) is 5.54 Å². The van der Waals surface area contributed by atoms with E-state index in [0.29, 0.717) is 17.7 Å². The quantitative estimate of drug-likeness (QED) is 0.746. The second kappa shape index (κ2) is 7.96. The third-order valence-corrected chi connectivity index (χ3v) is 7.22. The number of nitrogens with one attached hydrogen (secondary N) is 1. The molecular formula is C23H27N3O3S. The van der Waals surface area contributed by atoms with E-state index in [1.54, 1.807) is 49.4 Å². The minimum atomic E-state index is -1.27. The first kappa shape index (κ1) is 20.8. The number of carbonyl (C=O) groups is 3. The number of hydrogen-bond donors (Lipinski definition) is 1. The summed E-state index contributed by atoms with van der Waals surface area (Å²) in [6, 6.07) is 11.2. The van der Waals surface area contributed by atoms with Crippen molar-refractivity contribution >= 4 is 29.1 Å². The Morgan fingerprint density at radius 1 is 1.13 bits per heavy atom. The molecule has 4 rings (SSSR count). The molecule has 2 unspecified atom stereocenters. The third kappa shape index (κ3) is 3.46. The maximum absolute atomic E-state index is 13.1. The first-order chi connectivity index (χ1) is 14.3. The number of likely N-dealkylation sites (tertiary alicyclic amines) is 1. The van der Waals surface area contributed by atoms with Crippen LogP contribution in [0.1, 0.15) is 58.3 Å². The molecule has 1 saturated heterocycles. The van der Waals surface area contributed by atoms with Gasteiger partial charge in [0.05, 0.1) is 11.1 Å². The van der Waals surface area contributed by atoms with Crippen LogP contribution >= 0.6 is 11.3 Å². The summed E-state index contributed by atoms with van der Waals surface area (Å²) in [5.41, 5.74) is -0.559. The van der Waals surface area contributed by atoms with Crippen LogP contribution < -0.4 is 5.32 Å². The van der Waals surface area contributed by atoms with Crippen LogP contribution in [0.15, 0.2) is 41.8 Å². The van der Waals surface area contributed by atoms with E-state index in [9.17, 15) is 14.4 Å². The summed E-state index contributed by atoms with van der Waals surface area (Å²) < 4.78 is 0. The van der Waals surface area contributed by atoms with Crippen molar-refractivity contribution in [2.75, 3.05) is 20.1 Å². The molecule has 2 aliphatic rings. The molecule has 1 N–H and O–H groups in total. The summed E-state index contributed by atoms with van der Waals surface area (Å²) in [6.45, 7) is 4.81. The Morgan fingerprint density at radius 3 is 2.40 bits per heavy atom. The lowest BCUT2D eigenvalue weighted by Crippen LogP contribution is -2.58. The van der Waals surface area contributed by atoms with Gasteiger partial charge in [0, 0.05) is 17.5 Å². The number of piperidine rings is 1. The summed E-state index contributed by atoms with van der Waals surface area (Å²) in [5.74, 6) is -0.853. The molecule has 2 aromatic rings. The van der Waals surface area contributed by atoms with Crippen LogP contribution in [-0.2, 0) is 4.79 Å². The van der Waals surface area contributed by atoms with E-state index in [4.69, 9.17) is 0 Å². The number of carbonyl (C=O) groups excluding carboxylic acids is 3. The predicted molar refractivity (Wildman–Crippen MR) is 116 cm³/mol. The molecule has 0 radical (unpaired) electrons. The van der Waals surface area contributed by atoms with E-state index >= 15 is 0 Å². The molecule has 2 aliphatic heterocycles. The molecule has 6 nitrogen and oxygen atoms in total. The summed E-state index contributed by atoms with van der Waals surface area (Å²) in [5, 5.41) is 5.12. The van der Waals surface area contributed by atoms with E-state index in [0.717, 1.165) is 24.3 Å². The normalized spacial score (nSPS) is 22.3. The topological polar surface area (TPSA) is 69.7 Å². The zero-order valence-corrected chi connectivity index (χ0v) is 18.4. The Labute approximate surface area is 180 Å². The van der Waals surface area contributed by atoms with Gasteiger partial charge in [0.25, 0.3) is 11.8 Å². The van der Waals surface area contributed by atoms with Gasteiger partial charge in [-0.15, -0.1) is 11.3 Å². The van der Waals surface area contributed by atoms with Gasteiger partial charge >= 0.3 is 0 Å². The highest BCUT2D eigenvalue weighted by atomic mass is 32.1. The van der Waals surface area contributed by atoms with Crippen LogP contribution in [0.25, 0.3) is 0 Å². The Balaban J connectivity index is 1.48. The molecule has 0 spiro atoms. The molecule has 0 saturated carbocycles. The molecule has 3 heterocycles. The highest BCUT2D eigenvalue weighted by Gasteiger charge is 2.48. The van der Waals surface area contributed by atoms with Gasteiger partial charge < -0.3 is 5.32 Å². The van der Waals surface area contributed by atoms with Gasteiger partial charge in [-0.2, -0.15) is 0 Å². The van der Waals surface area contributed by atoms with Crippen molar-refractivity contribution in [1.82, 2.24) is 15.1 Å². The Hall–Kier alpha value is -2.51. The van der Waals surface area contributed by atoms with E-state index < -0.39 is 17.4 Å². The van der Waals surface area contributed by atoms with Crippen LogP contribution in [0.5, 0.6) is 0 Å². The number of benzene rings is 1. The fraction of sp³-hybridized carbons (Fsp3) is 0.435. The highest BCUT2D eigenvalue weighted by molar-refractivity contribution is 7.10. The molecule has 30 heavy (non-hydrogen) atoms. The lowest BCUT2D eigenvalue weighted by atomic mass is 9.88.